The molecule has 1 fully saturated rings. The topological polar surface area (TPSA) is 37.9 Å². The van der Waals surface area contributed by atoms with Crippen LogP contribution in [-0.2, 0) is 0 Å². The monoisotopic (exact) mass is 109 g/mol. The minimum atomic E-state index is 0.594. The van der Waals surface area contributed by atoms with E-state index >= 15 is 0 Å². The van der Waals surface area contributed by atoms with Gasteiger partial charge in [-0.2, -0.15) is 5.26 Å². The first-order chi connectivity index (χ1) is 3.93. The second-order valence-electron chi connectivity index (χ2n) is 2.05. The highest BCUT2D eigenvalue weighted by Gasteiger charge is 2.20. The number of nitriles is 1. The first-order valence-electron chi connectivity index (χ1n) is 2.97. The number of nitrogens with zero attached hydrogens (tertiary/aromatic N) is 2. The van der Waals surface area contributed by atoms with Gasteiger partial charge in [-0.05, 0) is 12.8 Å². The lowest BCUT2D eigenvalue weighted by Crippen LogP contribution is -2.07. The molecule has 0 atom stereocenters. The molecule has 0 aromatic rings. The molecule has 1 saturated carbocycles. The third-order valence-electron chi connectivity index (χ3n) is 1.16. The van der Waals surface area contributed by atoms with Crippen LogP contribution in [-0.4, -0.2) is 12.6 Å². The van der Waals surface area contributed by atoms with Crippen molar-refractivity contribution < 1.29 is 0 Å². The third kappa shape index (κ3) is 1.94. The smallest absolute Gasteiger partial charge is 0.0635 e. The highest BCUT2D eigenvalue weighted by Crippen LogP contribution is 2.19. The van der Waals surface area contributed by atoms with Gasteiger partial charge < -0.3 is 0 Å². The fourth-order valence-electron chi connectivity index (χ4n) is 0.554. The quantitative estimate of drug-likeness (QED) is 0.491. The summed E-state index contributed by atoms with van der Waals surface area (Å²) in [5.74, 6) is 0. The molecule has 0 saturated heterocycles. The van der Waals surface area contributed by atoms with Gasteiger partial charge in [0.15, 0.2) is 0 Å². The van der Waals surface area contributed by atoms with Crippen molar-refractivity contribution in [3.05, 3.63) is 0 Å². The Hall–Kier alpha value is -0.550. The van der Waals surface area contributed by atoms with Gasteiger partial charge in [-0.1, -0.05) is 0 Å². The summed E-state index contributed by atoms with van der Waals surface area (Å²) in [6.45, 7) is 0.751. The molecule has 1 aliphatic rings. The minimum absolute atomic E-state index is 0.594. The van der Waals surface area contributed by atoms with E-state index in [1.54, 1.807) is 0 Å². The lowest BCUT2D eigenvalue weighted by Gasteiger charge is -1.89. The van der Waals surface area contributed by atoms with E-state index in [9.17, 15) is 0 Å². The van der Waals surface area contributed by atoms with Gasteiger partial charge in [0, 0.05) is 19.0 Å². The van der Waals surface area contributed by atoms with Crippen molar-refractivity contribution in [1.82, 2.24) is 5.32 Å². The van der Waals surface area contributed by atoms with Crippen LogP contribution in [0.3, 0.4) is 0 Å². The van der Waals surface area contributed by atoms with Gasteiger partial charge in [0.25, 0.3) is 0 Å². The molecule has 0 amide bonds. The fraction of sp³-hybridized carbons (Fsp3) is 0.833. The zero-order valence-electron chi connectivity index (χ0n) is 4.80. The normalized spacial score (nSPS) is 17.9. The number of hydrogen-bond acceptors (Lipinski definition) is 1. The highest BCUT2D eigenvalue weighted by atomic mass is 14.9. The molecule has 0 N–H and O–H groups in total. The third-order valence-corrected chi connectivity index (χ3v) is 1.16. The van der Waals surface area contributed by atoms with E-state index in [0.717, 1.165) is 6.54 Å². The van der Waals surface area contributed by atoms with Crippen molar-refractivity contribution in [3.8, 4) is 6.07 Å². The number of hydrogen-bond donors (Lipinski definition) is 0. The molecule has 2 heteroatoms. The van der Waals surface area contributed by atoms with Crippen LogP contribution in [0.1, 0.15) is 19.3 Å². The summed E-state index contributed by atoms with van der Waals surface area (Å²) < 4.78 is 0. The van der Waals surface area contributed by atoms with Gasteiger partial charge in [-0.3, -0.25) is 0 Å². The zero-order chi connectivity index (χ0) is 5.82. The Balaban J connectivity index is 1.83. The van der Waals surface area contributed by atoms with Gasteiger partial charge in [-0.25, -0.2) is 5.32 Å². The molecule has 0 aliphatic heterocycles. The Morgan fingerprint density at radius 3 is 2.88 bits per heavy atom. The van der Waals surface area contributed by atoms with E-state index in [1.807, 2.05) is 0 Å². The van der Waals surface area contributed by atoms with E-state index in [4.69, 9.17) is 5.26 Å². The highest BCUT2D eigenvalue weighted by molar-refractivity contribution is 4.82. The molecule has 0 unspecified atom stereocenters. The summed E-state index contributed by atoms with van der Waals surface area (Å²) in [6.07, 6.45) is 3.10. The minimum Gasteiger partial charge on any atom is -0.237 e. The molecule has 0 heterocycles. The van der Waals surface area contributed by atoms with Crippen LogP contribution >= 0.6 is 0 Å². The van der Waals surface area contributed by atoms with E-state index in [-0.39, 0.29) is 0 Å². The summed E-state index contributed by atoms with van der Waals surface area (Å²) in [4.78, 5) is 0. The SMILES string of the molecule is N#CCC[N]C1CC1. The maximum atomic E-state index is 8.09. The van der Waals surface area contributed by atoms with E-state index in [0.29, 0.717) is 12.5 Å². The lowest BCUT2D eigenvalue weighted by molar-refractivity contribution is 0.678. The van der Waals surface area contributed by atoms with E-state index in [2.05, 4.69) is 11.4 Å². The van der Waals surface area contributed by atoms with E-state index < -0.39 is 0 Å². The standard InChI is InChI=1S/C6H9N2/c7-4-1-5-8-6-2-3-6/h6H,1-3,5H2. The molecule has 8 heavy (non-hydrogen) atoms. The fourth-order valence-corrected chi connectivity index (χ4v) is 0.554. The van der Waals surface area contributed by atoms with Crippen molar-refractivity contribution >= 4 is 0 Å². The van der Waals surface area contributed by atoms with Gasteiger partial charge >= 0.3 is 0 Å². The van der Waals surface area contributed by atoms with E-state index in [1.165, 1.54) is 12.8 Å². The van der Waals surface area contributed by atoms with Crippen LogP contribution in [0.25, 0.3) is 0 Å². The predicted molar refractivity (Wildman–Crippen MR) is 30.3 cm³/mol. The second kappa shape index (κ2) is 2.68. The zero-order valence-corrected chi connectivity index (χ0v) is 4.80. The van der Waals surface area contributed by atoms with Crippen LogP contribution in [0.2, 0.25) is 0 Å². The molecular weight excluding hydrogens is 100 g/mol. The van der Waals surface area contributed by atoms with Crippen LogP contribution in [0, 0.1) is 11.3 Å². The maximum absolute atomic E-state index is 8.09. The van der Waals surface area contributed by atoms with Crippen molar-refractivity contribution in [1.29, 1.82) is 5.26 Å². The molecule has 0 aromatic heterocycles. The summed E-state index contributed by atoms with van der Waals surface area (Å²) in [5, 5.41) is 12.3. The molecule has 1 aliphatic carbocycles. The van der Waals surface area contributed by atoms with Gasteiger partial charge in [0.05, 0.1) is 6.07 Å². The maximum Gasteiger partial charge on any atom is 0.0635 e. The summed E-state index contributed by atoms with van der Waals surface area (Å²) in [6, 6.07) is 2.69. The Kier molecular flexibility index (Phi) is 1.87. The summed E-state index contributed by atoms with van der Waals surface area (Å²) in [7, 11) is 0. The molecule has 0 aromatic carbocycles. The predicted octanol–water partition coefficient (Wildman–Crippen LogP) is 0.667. The Bertz CT molecular complexity index is 99.6. The lowest BCUT2D eigenvalue weighted by atomic mass is 10.4. The van der Waals surface area contributed by atoms with Crippen molar-refractivity contribution in [2.24, 2.45) is 0 Å². The number of rotatable bonds is 3. The molecule has 0 spiro atoms. The molecule has 1 radical (unpaired) electrons. The molecule has 1 rings (SSSR count). The van der Waals surface area contributed by atoms with Crippen molar-refractivity contribution in [2.75, 3.05) is 6.54 Å². The Labute approximate surface area is 49.5 Å². The van der Waals surface area contributed by atoms with Gasteiger partial charge in [0.1, 0.15) is 0 Å². The summed E-state index contributed by atoms with van der Waals surface area (Å²) >= 11 is 0. The molecule has 2 nitrogen and oxygen atoms in total. The van der Waals surface area contributed by atoms with Crippen molar-refractivity contribution in [2.45, 2.75) is 25.3 Å². The van der Waals surface area contributed by atoms with Gasteiger partial charge in [-0.15, -0.1) is 0 Å². The van der Waals surface area contributed by atoms with Gasteiger partial charge in [0.2, 0.25) is 0 Å². The van der Waals surface area contributed by atoms with Crippen LogP contribution in [0.5, 0.6) is 0 Å². The van der Waals surface area contributed by atoms with Crippen LogP contribution in [0.15, 0.2) is 0 Å². The first kappa shape index (κ1) is 5.58. The Morgan fingerprint density at radius 1 is 1.62 bits per heavy atom. The molecule has 0 bridgehead atoms. The van der Waals surface area contributed by atoms with Crippen molar-refractivity contribution in [3.63, 3.8) is 0 Å². The largest absolute Gasteiger partial charge is 0.237 e. The van der Waals surface area contributed by atoms with Crippen LogP contribution in [0.4, 0.5) is 0 Å². The first-order valence-corrected chi connectivity index (χ1v) is 2.97. The summed E-state index contributed by atoms with van der Waals surface area (Å²) in [5.41, 5.74) is 0. The second-order valence-corrected chi connectivity index (χ2v) is 2.05. The Morgan fingerprint density at radius 2 is 2.38 bits per heavy atom. The molecular formula is C6H9N2. The van der Waals surface area contributed by atoms with Crippen LogP contribution < -0.4 is 5.32 Å². The molecule has 43 valence electrons. The average molecular weight is 109 g/mol. The average Bonchev–Trinajstić information content (AvgIpc) is 2.51.